The Morgan fingerprint density at radius 1 is 0.511 bits per heavy atom. The Labute approximate surface area is 281 Å². The van der Waals surface area contributed by atoms with Crippen LogP contribution in [0.15, 0.2) is 140 Å². The standard InChI is InChI=1S/C21H15N3.2C7H6O3.CH4O.Cu/c1-2-8-16(9-3-1)17-14-20(18-10-4-6-12-22-18)24-21(15-17)19-11-5-7-13-23-19;2*8-6-3-1-2-5(4-6)7(9)10;1-2;/h1-15H;2*1-4,8H,(H,9,10);2H,1H3;/q;;;;+2/p-2. The van der Waals surface area contributed by atoms with Crippen LogP contribution in [0.4, 0.5) is 0 Å². The molecule has 6 rings (SSSR count). The van der Waals surface area contributed by atoms with Crippen LogP contribution in [0.25, 0.3) is 33.9 Å². The number of aliphatic hydroxyl groups excluding tert-OH is 1. The molecule has 0 saturated heterocycles. The Kier molecular flexibility index (Phi) is 15.5. The zero-order chi connectivity index (χ0) is 33.3. The summed E-state index contributed by atoms with van der Waals surface area (Å²) in [7, 11) is 1.00. The van der Waals surface area contributed by atoms with Gasteiger partial charge in [-0.25, -0.2) is 4.98 Å². The van der Waals surface area contributed by atoms with Crippen LogP contribution in [0.3, 0.4) is 0 Å². The fourth-order valence-corrected chi connectivity index (χ4v) is 3.88. The summed E-state index contributed by atoms with van der Waals surface area (Å²) in [5, 5.41) is 44.8. The number of phenols is 2. The molecule has 0 aliphatic carbocycles. The number of rotatable bonds is 5. The van der Waals surface area contributed by atoms with Gasteiger partial charge in [0.25, 0.3) is 0 Å². The van der Waals surface area contributed by atoms with Gasteiger partial charge in [-0.1, -0.05) is 66.7 Å². The predicted octanol–water partition coefficient (Wildman–Crippen LogP) is 3.99. The average molecular weight is 679 g/mol. The Morgan fingerprint density at radius 3 is 1.28 bits per heavy atom. The zero-order valence-electron chi connectivity index (χ0n) is 24.9. The molecule has 0 atom stereocenters. The van der Waals surface area contributed by atoms with E-state index in [9.17, 15) is 19.8 Å². The number of carbonyl (C=O) groups is 2. The summed E-state index contributed by atoms with van der Waals surface area (Å²) in [5.41, 5.74) is 5.62. The molecule has 0 saturated carbocycles. The van der Waals surface area contributed by atoms with E-state index in [0.29, 0.717) is 0 Å². The van der Waals surface area contributed by atoms with Gasteiger partial charge >= 0.3 is 17.1 Å². The largest absolute Gasteiger partial charge is 2.00 e. The first-order valence-corrected chi connectivity index (χ1v) is 13.7. The number of pyridine rings is 3. The number of nitrogens with zero attached hydrogens (tertiary/aromatic N) is 3. The van der Waals surface area contributed by atoms with Gasteiger partial charge in [0, 0.05) is 30.6 Å². The van der Waals surface area contributed by atoms with E-state index in [-0.39, 0.29) is 39.7 Å². The zero-order valence-corrected chi connectivity index (χ0v) is 25.8. The monoisotopic (exact) mass is 678 g/mol. The SMILES string of the molecule is CO.O=C([O-])c1cccc(O)c1.O=C([O-])c1cccc(O)c1.[Cu+2].c1ccc(-c2cc(-c3ccccn3)nc(-c3ccccn3)c2)cc1. The molecule has 11 heteroatoms. The third kappa shape index (κ3) is 11.9. The number of carbonyl (C=O) groups excluding carboxylic acids is 2. The smallest absolute Gasteiger partial charge is 0.545 e. The molecule has 0 spiro atoms. The number of phenolic OH excluding ortho intramolecular Hbond substituents is 2. The van der Waals surface area contributed by atoms with E-state index < -0.39 is 11.9 Å². The molecule has 3 N–H and O–H groups in total. The second-order valence-corrected chi connectivity index (χ2v) is 9.10. The molecule has 0 aliphatic rings. The predicted molar refractivity (Wildman–Crippen MR) is 169 cm³/mol. The summed E-state index contributed by atoms with van der Waals surface area (Å²) in [6.07, 6.45) is 3.57. The van der Waals surface area contributed by atoms with E-state index in [1.807, 2.05) is 54.6 Å². The molecule has 10 nitrogen and oxygen atoms in total. The molecule has 47 heavy (non-hydrogen) atoms. The Bertz CT molecular complexity index is 1650. The molecule has 3 aromatic heterocycles. The number of aromatic nitrogens is 3. The number of aromatic carboxylic acids is 2. The van der Waals surface area contributed by atoms with Crippen LogP contribution in [0.2, 0.25) is 0 Å². The summed E-state index contributed by atoms with van der Waals surface area (Å²) in [5.74, 6) is -2.70. The molecule has 6 aromatic rings. The van der Waals surface area contributed by atoms with Crippen LogP contribution in [0, 0.1) is 0 Å². The maximum absolute atomic E-state index is 10.1. The van der Waals surface area contributed by atoms with Crippen molar-refractivity contribution in [1.29, 1.82) is 0 Å². The number of hydrogen-bond acceptors (Lipinski definition) is 10. The molecule has 241 valence electrons. The number of aliphatic hydroxyl groups is 1. The Morgan fingerprint density at radius 2 is 0.936 bits per heavy atom. The Hall–Kier alpha value is -5.87. The first-order chi connectivity index (χ1) is 22.3. The third-order valence-corrected chi connectivity index (χ3v) is 5.95. The molecule has 0 unspecified atom stereocenters. The van der Waals surface area contributed by atoms with E-state index in [1.54, 1.807) is 12.4 Å². The van der Waals surface area contributed by atoms with E-state index >= 15 is 0 Å². The van der Waals surface area contributed by atoms with Gasteiger partial charge in [-0.15, -0.1) is 0 Å². The molecule has 3 heterocycles. The Balaban J connectivity index is 0.000000278. The number of aromatic hydroxyl groups is 2. The van der Waals surface area contributed by atoms with Crippen LogP contribution < -0.4 is 10.2 Å². The maximum atomic E-state index is 10.1. The van der Waals surface area contributed by atoms with Crippen molar-refractivity contribution in [3.8, 4) is 45.4 Å². The van der Waals surface area contributed by atoms with Crippen molar-refractivity contribution < 1.29 is 52.2 Å². The van der Waals surface area contributed by atoms with Gasteiger partial charge in [0.2, 0.25) is 0 Å². The molecule has 3 aromatic carbocycles. The number of benzene rings is 3. The van der Waals surface area contributed by atoms with Gasteiger partial charge in [-0.2, -0.15) is 0 Å². The van der Waals surface area contributed by atoms with Crippen molar-refractivity contribution in [2.24, 2.45) is 0 Å². The number of carboxylic acid groups (broad SMARTS) is 2. The summed E-state index contributed by atoms with van der Waals surface area (Å²) < 4.78 is 0. The second kappa shape index (κ2) is 19.5. The summed E-state index contributed by atoms with van der Waals surface area (Å²) in [6, 6.07) is 36.8. The minimum atomic E-state index is -1.28. The van der Waals surface area contributed by atoms with Crippen molar-refractivity contribution in [2.45, 2.75) is 0 Å². The topological polar surface area (TPSA) is 180 Å². The van der Waals surface area contributed by atoms with Crippen molar-refractivity contribution in [2.75, 3.05) is 7.11 Å². The summed E-state index contributed by atoms with van der Waals surface area (Å²) >= 11 is 0. The molecule has 0 fully saturated rings. The fraction of sp³-hybridized carbons (Fsp3) is 0.0278. The first-order valence-electron chi connectivity index (χ1n) is 13.7. The van der Waals surface area contributed by atoms with E-state index in [1.165, 1.54) is 36.4 Å². The van der Waals surface area contributed by atoms with Crippen LogP contribution in [0.5, 0.6) is 11.5 Å². The van der Waals surface area contributed by atoms with E-state index in [0.717, 1.165) is 53.1 Å². The first kappa shape index (κ1) is 37.3. The van der Waals surface area contributed by atoms with Crippen molar-refractivity contribution in [1.82, 2.24) is 15.0 Å². The summed E-state index contributed by atoms with van der Waals surface area (Å²) in [6.45, 7) is 0. The van der Waals surface area contributed by atoms with Gasteiger partial charge < -0.3 is 35.1 Å². The number of hydrogen-bond donors (Lipinski definition) is 3. The minimum absolute atomic E-state index is 0. The van der Waals surface area contributed by atoms with Gasteiger partial charge in [-0.3, -0.25) is 9.97 Å². The van der Waals surface area contributed by atoms with E-state index in [4.69, 9.17) is 20.3 Å². The van der Waals surface area contributed by atoms with Crippen molar-refractivity contribution in [3.63, 3.8) is 0 Å². The molecular formula is C36H29CuN3O7. The number of carboxylic acids is 2. The molecule has 0 amide bonds. The fourth-order valence-electron chi connectivity index (χ4n) is 3.88. The van der Waals surface area contributed by atoms with Gasteiger partial charge in [0.1, 0.15) is 11.5 Å². The normalized spacial score (nSPS) is 9.40. The molecule has 1 radical (unpaired) electrons. The van der Waals surface area contributed by atoms with Crippen molar-refractivity contribution >= 4 is 11.9 Å². The van der Waals surface area contributed by atoms with Gasteiger partial charge in [0.15, 0.2) is 0 Å². The average Bonchev–Trinajstić information content (AvgIpc) is 3.11. The summed E-state index contributed by atoms with van der Waals surface area (Å²) in [4.78, 5) is 33.9. The quantitative estimate of drug-likeness (QED) is 0.226. The van der Waals surface area contributed by atoms with Crippen LogP contribution in [-0.2, 0) is 17.1 Å². The third-order valence-electron chi connectivity index (χ3n) is 5.95. The van der Waals surface area contributed by atoms with Gasteiger partial charge in [-0.05, 0) is 71.8 Å². The maximum Gasteiger partial charge on any atom is 2.00 e. The van der Waals surface area contributed by atoms with Crippen LogP contribution in [0.1, 0.15) is 20.7 Å². The minimum Gasteiger partial charge on any atom is -0.545 e. The van der Waals surface area contributed by atoms with E-state index in [2.05, 4.69) is 34.2 Å². The molecular weight excluding hydrogens is 650 g/mol. The van der Waals surface area contributed by atoms with Crippen LogP contribution >= 0.6 is 0 Å². The van der Waals surface area contributed by atoms with Crippen LogP contribution in [-0.4, -0.2) is 49.3 Å². The van der Waals surface area contributed by atoms with Crippen molar-refractivity contribution in [3.05, 3.63) is 151 Å². The molecule has 0 bridgehead atoms. The molecule has 0 aliphatic heterocycles. The van der Waals surface area contributed by atoms with Gasteiger partial charge in [0.05, 0.1) is 34.7 Å². The second-order valence-electron chi connectivity index (χ2n) is 9.10.